The largest absolute Gasteiger partial charge is 0.322 e. The molecule has 0 amide bonds. The molecule has 2 nitrogen and oxygen atoms in total. The maximum absolute atomic E-state index is 6.32. The first kappa shape index (κ1) is 14.6. The van der Waals surface area contributed by atoms with E-state index < -0.39 is 0 Å². The van der Waals surface area contributed by atoms with E-state index in [1.165, 1.54) is 11.1 Å². The van der Waals surface area contributed by atoms with Gasteiger partial charge in [-0.3, -0.25) is 0 Å². The minimum Gasteiger partial charge on any atom is -0.322 e. The van der Waals surface area contributed by atoms with Crippen molar-refractivity contribution in [2.45, 2.75) is 25.8 Å². The van der Waals surface area contributed by atoms with Crippen molar-refractivity contribution < 1.29 is 0 Å². The van der Waals surface area contributed by atoms with Gasteiger partial charge in [0, 0.05) is 11.0 Å². The minimum absolute atomic E-state index is 0.124. The number of fused-ring (bicyclic) bond motifs is 1. The Morgan fingerprint density at radius 1 is 1.24 bits per heavy atom. The van der Waals surface area contributed by atoms with Crippen LogP contribution in [0, 0.1) is 6.92 Å². The molecule has 0 radical (unpaired) electrons. The summed E-state index contributed by atoms with van der Waals surface area (Å²) in [5.41, 5.74) is 4.60. The second-order valence-corrected chi connectivity index (χ2v) is 6.86. The number of benzene rings is 2. The van der Waals surface area contributed by atoms with Crippen molar-refractivity contribution in [3.8, 4) is 0 Å². The Labute approximate surface area is 137 Å². The summed E-state index contributed by atoms with van der Waals surface area (Å²) >= 11 is 9.86. The fraction of sp³-hybridized carbons (Fsp3) is 0.235. The first-order chi connectivity index (χ1) is 10.0. The van der Waals surface area contributed by atoms with E-state index in [0.29, 0.717) is 0 Å². The maximum Gasteiger partial charge on any atom is 0.128 e. The molecule has 0 saturated carbocycles. The Morgan fingerprint density at radius 2 is 2.05 bits per heavy atom. The van der Waals surface area contributed by atoms with E-state index in [9.17, 15) is 0 Å². The number of imidazole rings is 1. The smallest absolute Gasteiger partial charge is 0.128 e. The molecule has 2 aromatic carbocycles. The van der Waals surface area contributed by atoms with E-state index in [-0.39, 0.29) is 5.38 Å². The lowest BCUT2D eigenvalue weighted by Gasteiger charge is -2.11. The molecule has 0 aliphatic carbocycles. The zero-order chi connectivity index (χ0) is 15.0. The molecule has 1 aromatic heterocycles. The van der Waals surface area contributed by atoms with Crippen LogP contribution in [0.25, 0.3) is 11.0 Å². The highest BCUT2D eigenvalue weighted by molar-refractivity contribution is 9.10. The molecule has 0 aliphatic heterocycles. The highest BCUT2D eigenvalue weighted by Gasteiger charge is 2.15. The number of alkyl halides is 1. The Hall–Kier alpha value is -1.32. The van der Waals surface area contributed by atoms with Crippen LogP contribution in [0.5, 0.6) is 0 Å². The fourth-order valence-electron chi connectivity index (χ4n) is 2.58. The summed E-state index contributed by atoms with van der Waals surface area (Å²) in [6.07, 6.45) is 0. The highest BCUT2D eigenvalue weighted by atomic mass is 79.9. The van der Waals surface area contributed by atoms with Gasteiger partial charge >= 0.3 is 0 Å². The zero-order valence-corrected chi connectivity index (χ0v) is 14.3. The van der Waals surface area contributed by atoms with E-state index in [1.807, 2.05) is 19.1 Å². The molecule has 4 heteroatoms. The number of rotatable bonds is 3. The molecule has 0 saturated heterocycles. The van der Waals surface area contributed by atoms with Crippen LogP contribution in [0.1, 0.15) is 29.3 Å². The van der Waals surface area contributed by atoms with Crippen molar-refractivity contribution >= 4 is 38.6 Å². The van der Waals surface area contributed by atoms with Gasteiger partial charge in [0.25, 0.3) is 0 Å². The van der Waals surface area contributed by atoms with Crippen LogP contribution in [-0.2, 0) is 6.54 Å². The van der Waals surface area contributed by atoms with Gasteiger partial charge in [0.05, 0.1) is 16.4 Å². The summed E-state index contributed by atoms with van der Waals surface area (Å²) in [7, 11) is 0. The summed E-state index contributed by atoms with van der Waals surface area (Å²) in [5.74, 6) is 0.909. The molecule has 3 rings (SSSR count). The second-order valence-electron chi connectivity index (χ2n) is 5.29. The summed E-state index contributed by atoms with van der Waals surface area (Å²) in [6, 6.07) is 14.7. The molecule has 1 heterocycles. The number of halogens is 2. The van der Waals surface area contributed by atoms with Crippen LogP contribution in [0.4, 0.5) is 0 Å². The van der Waals surface area contributed by atoms with Crippen molar-refractivity contribution in [1.29, 1.82) is 0 Å². The van der Waals surface area contributed by atoms with Crippen LogP contribution < -0.4 is 0 Å². The standard InChI is InChI=1S/C17H16BrClN2/c1-11-4-3-5-13(8-11)10-21-16-9-14(18)6-7-15(16)20-17(21)12(2)19/h3-9,12H,10H2,1-2H3. The third kappa shape index (κ3) is 2.99. The second kappa shape index (κ2) is 5.82. The Bertz CT molecular complexity index is 793. The SMILES string of the molecule is Cc1cccc(Cn2c(C(C)Cl)nc3ccc(Br)cc32)c1. The van der Waals surface area contributed by atoms with E-state index in [0.717, 1.165) is 27.9 Å². The van der Waals surface area contributed by atoms with Gasteiger partial charge in [-0.2, -0.15) is 0 Å². The first-order valence-electron chi connectivity index (χ1n) is 6.90. The zero-order valence-electron chi connectivity index (χ0n) is 12.0. The molecule has 108 valence electrons. The molecular weight excluding hydrogens is 348 g/mol. The molecule has 0 spiro atoms. The van der Waals surface area contributed by atoms with Crippen LogP contribution in [0.15, 0.2) is 46.9 Å². The van der Waals surface area contributed by atoms with Gasteiger partial charge in [0.2, 0.25) is 0 Å². The number of hydrogen-bond donors (Lipinski definition) is 0. The highest BCUT2D eigenvalue weighted by Crippen LogP contribution is 2.27. The quantitative estimate of drug-likeness (QED) is 0.565. The molecule has 21 heavy (non-hydrogen) atoms. The fourth-order valence-corrected chi connectivity index (χ4v) is 3.09. The summed E-state index contributed by atoms with van der Waals surface area (Å²) in [5, 5.41) is -0.124. The third-order valence-corrected chi connectivity index (χ3v) is 4.21. The number of aryl methyl sites for hydroxylation is 1. The van der Waals surface area contributed by atoms with Gasteiger partial charge in [0.1, 0.15) is 5.82 Å². The van der Waals surface area contributed by atoms with Crippen molar-refractivity contribution in [1.82, 2.24) is 9.55 Å². The van der Waals surface area contributed by atoms with E-state index in [2.05, 4.69) is 62.7 Å². The molecule has 1 atom stereocenters. The van der Waals surface area contributed by atoms with Gasteiger partial charge in [0.15, 0.2) is 0 Å². The Balaban J connectivity index is 2.14. The van der Waals surface area contributed by atoms with Gasteiger partial charge in [-0.25, -0.2) is 4.98 Å². The van der Waals surface area contributed by atoms with Crippen LogP contribution >= 0.6 is 27.5 Å². The maximum atomic E-state index is 6.32. The predicted octanol–water partition coefficient (Wildman–Crippen LogP) is 5.46. The average Bonchev–Trinajstić information content (AvgIpc) is 2.77. The van der Waals surface area contributed by atoms with Crippen LogP contribution in [0.3, 0.4) is 0 Å². The molecular formula is C17H16BrClN2. The van der Waals surface area contributed by atoms with Gasteiger partial charge < -0.3 is 4.57 Å². The lowest BCUT2D eigenvalue weighted by Crippen LogP contribution is -2.06. The van der Waals surface area contributed by atoms with E-state index in [1.54, 1.807) is 0 Å². The minimum atomic E-state index is -0.124. The van der Waals surface area contributed by atoms with E-state index >= 15 is 0 Å². The summed E-state index contributed by atoms with van der Waals surface area (Å²) in [4.78, 5) is 4.68. The summed E-state index contributed by atoms with van der Waals surface area (Å²) < 4.78 is 3.25. The Morgan fingerprint density at radius 3 is 2.76 bits per heavy atom. The molecule has 3 aromatic rings. The monoisotopic (exact) mass is 362 g/mol. The van der Waals surface area contributed by atoms with Crippen molar-refractivity contribution in [2.24, 2.45) is 0 Å². The molecule has 0 N–H and O–H groups in total. The number of aromatic nitrogens is 2. The number of hydrogen-bond acceptors (Lipinski definition) is 1. The lowest BCUT2D eigenvalue weighted by molar-refractivity contribution is 0.742. The van der Waals surface area contributed by atoms with Gasteiger partial charge in [-0.1, -0.05) is 45.8 Å². The van der Waals surface area contributed by atoms with Crippen molar-refractivity contribution in [3.05, 3.63) is 63.9 Å². The van der Waals surface area contributed by atoms with Crippen LogP contribution in [-0.4, -0.2) is 9.55 Å². The van der Waals surface area contributed by atoms with Crippen molar-refractivity contribution in [3.63, 3.8) is 0 Å². The van der Waals surface area contributed by atoms with Crippen molar-refractivity contribution in [2.75, 3.05) is 0 Å². The normalized spacial score (nSPS) is 12.8. The molecule has 1 unspecified atom stereocenters. The van der Waals surface area contributed by atoms with Crippen LogP contribution in [0.2, 0.25) is 0 Å². The molecule has 0 bridgehead atoms. The van der Waals surface area contributed by atoms with Gasteiger partial charge in [-0.15, -0.1) is 11.6 Å². The topological polar surface area (TPSA) is 17.8 Å². The summed E-state index contributed by atoms with van der Waals surface area (Å²) in [6.45, 7) is 4.85. The van der Waals surface area contributed by atoms with Gasteiger partial charge in [-0.05, 0) is 37.6 Å². The first-order valence-corrected chi connectivity index (χ1v) is 8.13. The predicted molar refractivity (Wildman–Crippen MR) is 92.0 cm³/mol. The average molecular weight is 364 g/mol. The molecule has 0 fully saturated rings. The molecule has 0 aliphatic rings. The number of nitrogens with zero attached hydrogens (tertiary/aromatic N) is 2. The lowest BCUT2D eigenvalue weighted by atomic mass is 10.1. The Kier molecular flexibility index (Phi) is 4.05. The third-order valence-electron chi connectivity index (χ3n) is 3.52. The van der Waals surface area contributed by atoms with E-state index in [4.69, 9.17) is 11.6 Å².